The first-order chi connectivity index (χ1) is 13.9. The standard InChI is InChI=1S/C22H25N3O3S/c1-4-13-29(26,27)24-17-9-12-19-20(15-23)22(25(5-2)21(19)14-17)16-7-10-18(11-8-16)28-6-3/h7-12,14,24H,4-6,13H2,1-3H3. The van der Waals surface area contributed by atoms with Gasteiger partial charge in [-0.15, -0.1) is 0 Å². The number of rotatable bonds is 8. The molecule has 0 spiro atoms. The third-order valence-corrected chi connectivity index (χ3v) is 6.17. The second-order valence-electron chi connectivity index (χ2n) is 6.69. The van der Waals surface area contributed by atoms with Gasteiger partial charge < -0.3 is 9.30 Å². The summed E-state index contributed by atoms with van der Waals surface area (Å²) >= 11 is 0. The van der Waals surface area contributed by atoms with Gasteiger partial charge in [-0.1, -0.05) is 6.92 Å². The molecule has 0 saturated heterocycles. The molecule has 0 atom stereocenters. The van der Waals surface area contributed by atoms with Crippen LogP contribution in [-0.2, 0) is 16.6 Å². The molecule has 152 valence electrons. The molecule has 0 saturated carbocycles. The number of benzene rings is 2. The van der Waals surface area contributed by atoms with Crippen molar-refractivity contribution in [3.8, 4) is 23.1 Å². The lowest BCUT2D eigenvalue weighted by atomic mass is 10.1. The highest BCUT2D eigenvalue weighted by Gasteiger charge is 2.19. The normalized spacial score (nSPS) is 11.4. The van der Waals surface area contributed by atoms with Crippen LogP contribution >= 0.6 is 0 Å². The maximum Gasteiger partial charge on any atom is 0.232 e. The molecule has 0 aliphatic rings. The van der Waals surface area contributed by atoms with Crippen molar-refractivity contribution in [3.05, 3.63) is 48.0 Å². The topological polar surface area (TPSA) is 84.1 Å². The summed E-state index contributed by atoms with van der Waals surface area (Å²) in [5.74, 6) is 0.849. The number of nitrogens with one attached hydrogen (secondary N) is 1. The minimum absolute atomic E-state index is 0.0701. The van der Waals surface area contributed by atoms with Gasteiger partial charge in [0.25, 0.3) is 0 Å². The average molecular weight is 412 g/mol. The van der Waals surface area contributed by atoms with Gasteiger partial charge in [0.05, 0.1) is 34.8 Å². The number of nitrogens with zero attached hydrogens (tertiary/aromatic N) is 2. The Bertz CT molecular complexity index is 1160. The fourth-order valence-corrected chi connectivity index (χ4v) is 4.66. The number of sulfonamides is 1. The number of nitriles is 1. The Balaban J connectivity index is 2.14. The zero-order valence-corrected chi connectivity index (χ0v) is 17.7. The third kappa shape index (κ3) is 4.22. The fraction of sp³-hybridized carbons (Fsp3) is 0.318. The van der Waals surface area contributed by atoms with Crippen molar-refractivity contribution >= 4 is 26.6 Å². The summed E-state index contributed by atoms with van der Waals surface area (Å²) in [5.41, 5.74) is 3.64. The van der Waals surface area contributed by atoms with E-state index in [9.17, 15) is 13.7 Å². The van der Waals surface area contributed by atoms with E-state index in [1.165, 1.54) is 0 Å². The van der Waals surface area contributed by atoms with Gasteiger partial charge in [0.2, 0.25) is 10.0 Å². The predicted molar refractivity (Wildman–Crippen MR) is 117 cm³/mol. The zero-order chi connectivity index (χ0) is 21.0. The predicted octanol–water partition coefficient (Wildman–Crippen LogP) is 4.75. The molecule has 7 heteroatoms. The first kappa shape index (κ1) is 20.7. The Labute approximate surface area is 171 Å². The van der Waals surface area contributed by atoms with Crippen molar-refractivity contribution in [2.45, 2.75) is 33.7 Å². The molecule has 1 N–H and O–H groups in total. The van der Waals surface area contributed by atoms with Gasteiger partial charge in [-0.2, -0.15) is 5.26 Å². The van der Waals surface area contributed by atoms with Crippen molar-refractivity contribution in [3.63, 3.8) is 0 Å². The lowest BCUT2D eigenvalue weighted by Gasteiger charge is -2.11. The highest BCUT2D eigenvalue weighted by molar-refractivity contribution is 7.92. The Morgan fingerprint density at radius 1 is 1.10 bits per heavy atom. The number of ether oxygens (including phenoxy) is 1. The van der Waals surface area contributed by atoms with E-state index < -0.39 is 10.0 Å². The number of hydrogen-bond donors (Lipinski definition) is 1. The summed E-state index contributed by atoms with van der Waals surface area (Å²) in [6.45, 7) is 7.00. The van der Waals surface area contributed by atoms with Crippen LogP contribution < -0.4 is 9.46 Å². The maximum absolute atomic E-state index is 12.1. The molecule has 0 fully saturated rings. The zero-order valence-electron chi connectivity index (χ0n) is 16.9. The van der Waals surface area contributed by atoms with E-state index in [-0.39, 0.29) is 5.75 Å². The van der Waals surface area contributed by atoms with Crippen LogP contribution in [0.1, 0.15) is 32.8 Å². The Hall–Kier alpha value is -2.98. The van der Waals surface area contributed by atoms with E-state index in [4.69, 9.17) is 4.74 Å². The SMILES string of the molecule is CCCS(=O)(=O)Nc1ccc2c(C#N)c(-c3ccc(OCC)cc3)n(CC)c2c1. The molecule has 0 unspecified atom stereocenters. The van der Waals surface area contributed by atoms with E-state index in [0.717, 1.165) is 27.9 Å². The van der Waals surface area contributed by atoms with E-state index in [1.54, 1.807) is 12.1 Å². The molecule has 29 heavy (non-hydrogen) atoms. The van der Waals surface area contributed by atoms with Crippen LogP contribution in [0.4, 0.5) is 5.69 Å². The lowest BCUT2D eigenvalue weighted by molar-refractivity contribution is 0.340. The van der Waals surface area contributed by atoms with Crippen LogP contribution in [0.15, 0.2) is 42.5 Å². The minimum atomic E-state index is -3.38. The van der Waals surface area contributed by atoms with Crippen LogP contribution in [-0.4, -0.2) is 25.3 Å². The number of hydrogen-bond acceptors (Lipinski definition) is 4. The highest BCUT2D eigenvalue weighted by atomic mass is 32.2. The van der Waals surface area contributed by atoms with E-state index >= 15 is 0 Å². The van der Waals surface area contributed by atoms with E-state index in [1.807, 2.05) is 55.7 Å². The van der Waals surface area contributed by atoms with Gasteiger partial charge in [-0.3, -0.25) is 4.72 Å². The Morgan fingerprint density at radius 2 is 1.83 bits per heavy atom. The Morgan fingerprint density at radius 3 is 2.41 bits per heavy atom. The summed E-state index contributed by atoms with van der Waals surface area (Å²) in [7, 11) is -3.38. The van der Waals surface area contributed by atoms with Crippen molar-refractivity contribution < 1.29 is 13.2 Å². The van der Waals surface area contributed by atoms with Crippen LogP contribution in [0.25, 0.3) is 22.2 Å². The largest absolute Gasteiger partial charge is 0.494 e. The smallest absolute Gasteiger partial charge is 0.232 e. The molecule has 2 aromatic carbocycles. The number of anilines is 1. The van der Waals surface area contributed by atoms with Crippen molar-refractivity contribution in [2.75, 3.05) is 17.1 Å². The average Bonchev–Trinajstić information content (AvgIpc) is 3.01. The van der Waals surface area contributed by atoms with E-state index in [2.05, 4.69) is 10.8 Å². The van der Waals surface area contributed by atoms with Crippen molar-refractivity contribution in [1.82, 2.24) is 4.57 Å². The van der Waals surface area contributed by atoms with Gasteiger partial charge in [-0.25, -0.2) is 8.42 Å². The van der Waals surface area contributed by atoms with Crippen LogP contribution in [0.5, 0.6) is 5.75 Å². The molecule has 0 amide bonds. The summed E-state index contributed by atoms with van der Waals surface area (Å²) in [4.78, 5) is 0. The second-order valence-corrected chi connectivity index (χ2v) is 8.53. The minimum Gasteiger partial charge on any atom is -0.494 e. The van der Waals surface area contributed by atoms with Crippen LogP contribution in [0.2, 0.25) is 0 Å². The molecule has 0 aliphatic carbocycles. The molecule has 3 rings (SSSR count). The summed E-state index contributed by atoms with van der Waals surface area (Å²) < 4.78 is 34.5. The molecular weight excluding hydrogens is 386 g/mol. The molecule has 1 heterocycles. The number of aryl methyl sites for hydroxylation is 1. The fourth-order valence-electron chi connectivity index (χ4n) is 3.53. The first-order valence-corrected chi connectivity index (χ1v) is 11.4. The molecule has 0 radical (unpaired) electrons. The molecule has 3 aromatic rings. The van der Waals surface area contributed by atoms with Gasteiger partial charge >= 0.3 is 0 Å². The van der Waals surface area contributed by atoms with Gasteiger partial charge in [-0.05, 0) is 68.3 Å². The summed E-state index contributed by atoms with van der Waals surface area (Å²) in [6.07, 6.45) is 0.545. The molecule has 1 aromatic heterocycles. The monoisotopic (exact) mass is 411 g/mol. The van der Waals surface area contributed by atoms with Gasteiger partial charge in [0.1, 0.15) is 11.8 Å². The first-order valence-electron chi connectivity index (χ1n) is 9.74. The summed E-state index contributed by atoms with van der Waals surface area (Å²) in [5, 5.41) is 10.7. The van der Waals surface area contributed by atoms with Crippen molar-refractivity contribution in [2.24, 2.45) is 0 Å². The lowest BCUT2D eigenvalue weighted by Crippen LogP contribution is -2.16. The van der Waals surface area contributed by atoms with Gasteiger partial charge in [0.15, 0.2) is 0 Å². The van der Waals surface area contributed by atoms with Crippen LogP contribution in [0, 0.1) is 11.3 Å². The molecule has 0 aliphatic heterocycles. The molecule has 0 bridgehead atoms. The third-order valence-electron chi connectivity index (χ3n) is 4.68. The van der Waals surface area contributed by atoms with E-state index in [0.29, 0.717) is 30.8 Å². The molecular formula is C22H25N3O3S. The molecule has 6 nitrogen and oxygen atoms in total. The van der Waals surface area contributed by atoms with Gasteiger partial charge in [0, 0.05) is 11.9 Å². The second kappa shape index (κ2) is 8.58. The summed E-state index contributed by atoms with van der Waals surface area (Å²) in [6, 6.07) is 15.3. The number of fused-ring (bicyclic) bond motifs is 1. The quantitative estimate of drug-likeness (QED) is 0.580. The van der Waals surface area contributed by atoms with Crippen molar-refractivity contribution in [1.29, 1.82) is 5.26 Å². The highest BCUT2D eigenvalue weighted by Crippen LogP contribution is 2.35. The maximum atomic E-state index is 12.1. The van der Waals surface area contributed by atoms with Crippen LogP contribution in [0.3, 0.4) is 0 Å². The number of aromatic nitrogens is 1. The Kier molecular flexibility index (Phi) is 6.14.